The molecular formula is C25H31N7O3. The second-order valence-corrected chi connectivity index (χ2v) is 9.64. The first-order valence-electron chi connectivity index (χ1n) is 11.9. The third-order valence-corrected chi connectivity index (χ3v) is 7.17. The molecule has 2 aromatic heterocycles. The smallest absolute Gasteiger partial charge is 0.278 e. The number of hydrogen-bond acceptors (Lipinski definition) is 10. The van der Waals surface area contributed by atoms with Gasteiger partial charge in [-0.1, -0.05) is 12.5 Å². The third kappa shape index (κ3) is 4.58. The molecule has 2 N–H and O–H groups in total. The van der Waals surface area contributed by atoms with Gasteiger partial charge in [-0.3, -0.25) is 0 Å². The van der Waals surface area contributed by atoms with E-state index >= 15 is 0 Å². The van der Waals surface area contributed by atoms with E-state index in [1.54, 1.807) is 24.5 Å². The molecule has 0 saturated carbocycles. The lowest BCUT2D eigenvalue weighted by Crippen LogP contribution is -2.61. The van der Waals surface area contributed by atoms with Gasteiger partial charge >= 0.3 is 0 Å². The number of phenols is 1. The van der Waals surface area contributed by atoms with Crippen LogP contribution in [-0.2, 0) is 0 Å². The molecule has 2 saturated heterocycles. The molecule has 0 spiro atoms. The van der Waals surface area contributed by atoms with E-state index in [1.807, 2.05) is 6.07 Å². The second-order valence-electron chi connectivity index (χ2n) is 9.64. The number of hydrogen-bond donors (Lipinski definition) is 2. The van der Waals surface area contributed by atoms with Gasteiger partial charge in [-0.15, -0.1) is 10.2 Å². The Bertz CT molecular complexity index is 1210. The highest BCUT2D eigenvalue weighted by Crippen LogP contribution is 2.37. The van der Waals surface area contributed by atoms with Crippen molar-refractivity contribution in [2.75, 3.05) is 26.2 Å². The Morgan fingerprint density at radius 1 is 1.11 bits per heavy atom. The zero-order valence-electron chi connectivity index (χ0n) is 20.5. The first kappa shape index (κ1) is 23.2. The standard InChI is InChI=1S/C25H31N7O3/c1-25-9-5-6-16(29-25)11-17(12-25)32(2)21-14-26-22(31-30-21)18-8-7-15(10-20(18)33)19-13-27-23(34-3)24(28-19)35-4/h7-8,10,13-14,16-17,29,33H,5-6,9,11-12H2,1-4H3/t16-,17-,25+/m1/s1. The van der Waals surface area contributed by atoms with Crippen LogP contribution < -0.4 is 19.7 Å². The maximum atomic E-state index is 10.7. The fourth-order valence-electron chi connectivity index (χ4n) is 5.33. The van der Waals surface area contributed by atoms with E-state index in [1.165, 1.54) is 33.5 Å². The van der Waals surface area contributed by atoms with Crippen LogP contribution in [0.25, 0.3) is 22.6 Å². The molecule has 2 aliphatic rings. The van der Waals surface area contributed by atoms with Crippen LogP contribution >= 0.6 is 0 Å². The fraction of sp³-hybridized carbons (Fsp3) is 0.480. The average Bonchev–Trinajstić information content (AvgIpc) is 2.87. The normalized spacial score (nSPS) is 23.5. The van der Waals surface area contributed by atoms with E-state index in [0.717, 1.165) is 18.7 Å². The topological polar surface area (TPSA) is 118 Å². The molecule has 0 radical (unpaired) electrons. The highest BCUT2D eigenvalue weighted by Gasteiger charge is 2.40. The number of nitrogens with zero attached hydrogens (tertiary/aromatic N) is 6. The molecule has 2 bridgehead atoms. The Kier molecular flexibility index (Phi) is 6.14. The van der Waals surface area contributed by atoms with E-state index in [9.17, 15) is 5.11 Å². The fourth-order valence-corrected chi connectivity index (χ4v) is 5.33. The van der Waals surface area contributed by atoms with Crippen molar-refractivity contribution in [1.82, 2.24) is 30.5 Å². The van der Waals surface area contributed by atoms with E-state index < -0.39 is 0 Å². The number of nitrogens with one attached hydrogen (secondary N) is 1. The lowest BCUT2D eigenvalue weighted by molar-refractivity contribution is 0.140. The highest BCUT2D eigenvalue weighted by molar-refractivity contribution is 5.71. The van der Waals surface area contributed by atoms with Crippen molar-refractivity contribution in [1.29, 1.82) is 0 Å². The van der Waals surface area contributed by atoms with Crippen molar-refractivity contribution in [3.05, 3.63) is 30.6 Å². The van der Waals surface area contributed by atoms with Crippen LogP contribution in [0.4, 0.5) is 5.82 Å². The van der Waals surface area contributed by atoms with Gasteiger partial charge in [-0.05, 0) is 44.7 Å². The summed E-state index contributed by atoms with van der Waals surface area (Å²) in [5, 5.41) is 23.3. The molecule has 3 aromatic rings. The Hall–Kier alpha value is -3.53. The molecule has 184 valence electrons. The molecule has 2 fully saturated rings. The van der Waals surface area contributed by atoms with Crippen LogP contribution in [0.15, 0.2) is 30.6 Å². The number of ether oxygens (including phenoxy) is 2. The maximum absolute atomic E-state index is 10.7. The molecule has 2 aliphatic heterocycles. The van der Waals surface area contributed by atoms with E-state index in [0.29, 0.717) is 40.6 Å². The third-order valence-electron chi connectivity index (χ3n) is 7.17. The Morgan fingerprint density at radius 3 is 2.63 bits per heavy atom. The summed E-state index contributed by atoms with van der Waals surface area (Å²) in [5.74, 6) is 1.69. The number of methoxy groups -OCH3 is 2. The van der Waals surface area contributed by atoms with Crippen LogP contribution in [-0.4, -0.2) is 69.1 Å². The van der Waals surface area contributed by atoms with Crippen molar-refractivity contribution in [3.63, 3.8) is 0 Å². The van der Waals surface area contributed by atoms with E-state index in [-0.39, 0.29) is 17.2 Å². The number of piperidine rings is 2. The summed E-state index contributed by atoms with van der Waals surface area (Å²) >= 11 is 0. The number of aromatic nitrogens is 5. The van der Waals surface area contributed by atoms with E-state index in [4.69, 9.17) is 9.47 Å². The van der Waals surface area contributed by atoms with Gasteiger partial charge in [-0.2, -0.15) is 0 Å². The quantitative estimate of drug-likeness (QED) is 0.548. The van der Waals surface area contributed by atoms with Gasteiger partial charge < -0.3 is 24.8 Å². The zero-order valence-corrected chi connectivity index (χ0v) is 20.5. The average molecular weight is 478 g/mol. The van der Waals surface area contributed by atoms with Crippen LogP contribution in [0.3, 0.4) is 0 Å². The minimum absolute atomic E-state index is 0.0288. The first-order chi connectivity index (χ1) is 16.9. The van der Waals surface area contributed by atoms with E-state index in [2.05, 4.69) is 49.3 Å². The second kappa shape index (κ2) is 9.26. The SMILES string of the molecule is COc1ncc(-c2ccc(-c3ncc(N(C)[C@@H]4C[C@H]5CCC[C@@](C)(C4)N5)nn3)c(O)c2)nc1OC. The number of anilines is 1. The van der Waals surface area contributed by atoms with Gasteiger partial charge in [0.05, 0.1) is 37.9 Å². The lowest BCUT2D eigenvalue weighted by atomic mass is 9.75. The number of rotatable bonds is 6. The van der Waals surface area contributed by atoms with Gasteiger partial charge in [0, 0.05) is 30.2 Å². The monoisotopic (exact) mass is 477 g/mol. The molecule has 35 heavy (non-hydrogen) atoms. The molecule has 1 aromatic carbocycles. The molecule has 0 unspecified atom stereocenters. The summed E-state index contributed by atoms with van der Waals surface area (Å²) < 4.78 is 10.4. The summed E-state index contributed by atoms with van der Waals surface area (Å²) in [5.41, 5.74) is 1.90. The van der Waals surface area contributed by atoms with Gasteiger partial charge in [0.25, 0.3) is 11.8 Å². The largest absolute Gasteiger partial charge is 0.507 e. The summed E-state index contributed by atoms with van der Waals surface area (Å²) in [4.78, 5) is 15.3. The first-order valence-corrected chi connectivity index (χ1v) is 11.9. The molecule has 4 heterocycles. The summed E-state index contributed by atoms with van der Waals surface area (Å²) in [6.45, 7) is 2.33. The minimum atomic E-state index is 0.0288. The molecule has 0 amide bonds. The number of phenolic OH excluding ortho intramolecular Hbond substituents is 1. The molecule has 0 aliphatic carbocycles. The van der Waals surface area contributed by atoms with Crippen LogP contribution in [0.1, 0.15) is 39.0 Å². The molecule has 5 rings (SSSR count). The van der Waals surface area contributed by atoms with Crippen molar-refractivity contribution in [3.8, 4) is 40.2 Å². The Labute approximate surface area is 204 Å². The number of aromatic hydroxyl groups is 1. The summed E-state index contributed by atoms with van der Waals surface area (Å²) in [6.07, 6.45) is 9.19. The van der Waals surface area contributed by atoms with Gasteiger partial charge in [-0.25, -0.2) is 15.0 Å². The van der Waals surface area contributed by atoms with Crippen LogP contribution in [0.2, 0.25) is 0 Å². The number of benzene rings is 1. The molecule has 3 atom stereocenters. The van der Waals surface area contributed by atoms with Gasteiger partial charge in [0.2, 0.25) is 0 Å². The lowest BCUT2D eigenvalue weighted by Gasteiger charge is -2.49. The van der Waals surface area contributed by atoms with Gasteiger partial charge in [0.1, 0.15) is 5.75 Å². The number of fused-ring (bicyclic) bond motifs is 2. The predicted octanol–water partition coefficient (Wildman–Crippen LogP) is 3.22. The molecule has 10 heteroatoms. The highest BCUT2D eigenvalue weighted by atomic mass is 16.5. The minimum Gasteiger partial charge on any atom is -0.507 e. The van der Waals surface area contributed by atoms with Crippen molar-refractivity contribution in [2.45, 2.75) is 56.7 Å². The van der Waals surface area contributed by atoms with Crippen LogP contribution in [0.5, 0.6) is 17.5 Å². The summed E-state index contributed by atoms with van der Waals surface area (Å²) in [7, 11) is 5.07. The van der Waals surface area contributed by atoms with Crippen molar-refractivity contribution in [2.24, 2.45) is 0 Å². The Balaban J connectivity index is 1.34. The van der Waals surface area contributed by atoms with Crippen LogP contribution in [0, 0.1) is 0 Å². The molecular weight excluding hydrogens is 446 g/mol. The summed E-state index contributed by atoms with van der Waals surface area (Å²) in [6, 6.07) is 6.12. The Morgan fingerprint density at radius 2 is 1.94 bits per heavy atom. The zero-order chi connectivity index (χ0) is 24.6. The van der Waals surface area contributed by atoms with Crippen molar-refractivity contribution < 1.29 is 14.6 Å². The molecule has 10 nitrogen and oxygen atoms in total. The van der Waals surface area contributed by atoms with Crippen molar-refractivity contribution >= 4 is 5.82 Å². The van der Waals surface area contributed by atoms with Gasteiger partial charge in [0.15, 0.2) is 11.6 Å². The predicted molar refractivity (Wildman–Crippen MR) is 132 cm³/mol. The maximum Gasteiger partial charge on any atom is 0.278 e.